The Morgan fingerprint density at radius 3 is 3.00 bits per heavy atom. The lowest BCUT2D eigenvalue weighted by molar-refractivity contribution is 0.168. The molecule has 1 N–H and O–H groups in total. The second-order valence-electron chi connectivity index (χ2n) is 3.59. The molecule has 1 atom stereocenters. The first-order valence-corrected chi connectivity index (χ1v) is 4.05. The second-order valence-corrected chi connectivity index (χ2v) is 3.59. The molecule has 3 heteroatoms. The van der Waals surface area contributed by atoms with Crippen molar-refractivity contribution in [2.24, 2.45) is 5.41 Å². The molecule has 0 radical (unpaired) electrons. The molecule has 0 aromatic carbocycles. The number of aromatic nitrogens is 1. The van der Waals surface area contributed by atoms with E-state index in [2.05, 4.69) is 10.5 Å². The van der Waals surface area contributed by atoms with Crippen molar-refractivity contribution in [2.75, 3.05) is 6.54 Å². The Labute approximate surface area is 64.8 Å². The average Bonchev–Trinajstić information content (AvgIpc) is 2.67. The third-order valence-electron chi connectivity index (χ3n) is 2.91. The van der Waals surface area contributed by atoms with E-state index in [1.807, 2.05) is 6.07 Å². The minimum atomic E-state index is 0.463. The van der Waals surface area contributed by atoms with E-state index >= 15 is 0 Å². The summed E-state index contributed by atoms with van der Waals surface area (Å²) in [6.45, 7) is 1.17. The van der Waals surface area contributed by atoms with Crippen molar-refractivity contribution in [3.8, 4) is 0 Å². The van der Waals surface area contributed by atoms with Crippen LogP contribution in [0.1, 0.15) is 24.6 Å². The van der Waals surface area contributed by atoms with Gasteiger partial charge in [0.2, 0.25) is 0 Å². The van der Waals surface area contributed by atoms with Crippen LogP contribution in [-0.2, 0) is 0 Å². The van der Waals surface area contributed by atoms with Crippen LogP contribution in [0.2, 0.25) is 0 Å². The van der Waals surface area contributed by atoms with Crippen LogP contribution < -0.4 is 5.32 Å². The lowest BCUT2D eigenvalue weighted by Crippen LogP contribution is -2.47. The van der Waals surface area contributed by atoms with Crippen LogP contribution in [0.3, 0.4) is 0 Å². The molecule has 1 saturated carbocycles. The number of hydrogen-bond acceptors (Lipinski definition) is 3. The molecule has 2 fully saturated rings. The van der Waals surface area contributed by atoms with Crippen LogP contribution in [-0.4, -0.2) is 11.7 Å². The first-order valence-electron chi connectivity index (χ1n) is 4.05. The van der Waals surface area contributed by atoms with Crippen molar-refractivity contribution >= 4 is 0 Å². The Morgan fingerprint density at radius 2 is 2.55 bits per heavy atom. The van der Waals surface area contributed by atoms with Gasteiger partial charge >= 0.3 is 0 Å². The predicted octanol–water partition coefficient (Wildman–Crippen LogP) is 1.10. The maximum Gasteiger partial charge on any atom is 0.154 e. The van der Waals surface area contributed by atoms with Gasteiger partial charge in [-0.2, -0.15) is 0 Å². The van der Waals surface area contributed by atoms with E-state index in [4.69, 9.17) is 4.52 Å². The van der Waals surface area contributed by atoms with Crippen LogP contribution in [0.25, 0.3) is 0 Å². The Balaban J connectivity index is 1.90. The Morgan fingerprint density at radius 1 is 1.64 bits per heavy atom. The van der Waals surface area contributed by atoms with Gasteiger partial charge in [-0.05, 0) is 12.8 Å². The molecule has 3 rings (SSSR count). The van der Waals surface area contributed by atoms with E-state index < -0.39 is 0 Å². The van der Waals surface area contributed by atoms with E-state index in [1.54, 1.807) is 6.20 Å². The lowest BCUT2D eigenvalue weighted by atomic mass is 9.86. The molecular formula is C8H10N2O. The van der Waals surface area contributed by atoms with Crippen LogP contribution in [0.15, 0.2) is 16.8 Å². The molecule has 3 nitrogen and oxygen atoms in total. The molecular weight excluding hydrogens is 140 g/mol. The highest BCUT2D eigenvalue weighted by Gasteiger charge is 2.57. The van der Waals surface area contributed by atoms with Crippen LogP contribution >= 0.6 is 0 Å². The summed E-state index contributed by atoms with van der Waals surface area (Å²) >= 11 is 0. The molecule has 2 heterocycles. The Kier molecular flexibility index (Phi) is 0.874. The quantitative estimate of drug-likeness (QED) is 0.651. The first-order chi connectivity index (χ1) is 5.41. The molecule has 1 saturated heterocycles. The fourth-order valence-electron chi connectivity index (χ4n) is 1.90. The normalized spacial score (nSPS) is 31.8. The maximum atomic E-state index is 5.10. The zero-order valence-electron chi connectivity index (χ0n) is 6.21. The fraction of sp³-hybridized carbons (Fsp3) is 0.625. The second kappa shape index (κ2) is 1.67. The molecule has 1 unspecified atom stereocenters. The molecule has 1 spiro atoms. The first kappa shape index (κ1) is 5.77. The monoisotopic (exact) mass is 150 g/mol. The van der Waals surface area contributed by atoms with E-state index in [9.17, 15) is 0 Å². The van der Waals surface area contributed by atoms with Crippen LogP contribution in [0, 0.1) is 5.41 Å². The summed E-state index contributed by atoms with van der Waals surface area (Å²) in [4.78, 5) is 0. The summed E-state index contributed by atoms with van der Waals surface area (Å²) in [6, 6.07) is 2.42. The van der Waals surface area contributed by atoms with Gasteiger partial charge in [0.05, 0.1) is 12.2 Å². The van der Waals surface area contributed by atoms with Crippen molar-refractivity contribution in [3.63, 3.8) is 0 Å². The van der Waals surface area contributed by atoms with E-state index in [0.29, 0.717) is 11.5 Å². The van der Waals surface area contributed by atoms with Gasteiger partial charge in [0.25, 0.3) is 0 Å². The van der Waals surface area contributed by atoms with Gasteiger partial charge < -0.3 is 9.84 Å². The van der Waals surface area contributed by atoms with E-state index in [-0.39, 0.29) is 0 Å². The molecule has 11 heavy (non-hydrogen) atoms. The zero-order chi connectivity index (χ0) is 7.31. The number of hydrogen-bond donors (Lipinski definition) is 1. The van der Waals surface area contributed by atoms with Gasteiger partial charge in [-0.25, -0.2) is 0 Å². The Bertz CT molecular complexity index is 264. The summed E-state index contributed by atoms with van der Waals surface area (Å²) in [5, 5.41) is 7.07. The maximum absolute atomic E-state index is 5.10. The SMILES string of the molecule is c1cc(C2NCC23CC3)on1. The third kappa shape index (κ3) is 0.639. The van der Waals surface area contributed by atoms with Crippen LogP contribution in [0.4, 0.5) is 0 Å². The van der Waals surface area contributed by atoms with Crippen molar-refractivity contribution in [1.82, 2.24) is 10.5 Å². The largest absolute Gasteiger partial charge is 0.360 e. The van der Waals surface area contributed by atoms with E-state index in [1.165, 1.54) is 19.4 Å². The van der Waals surface area contributed by atoms with Crippen molar-refractivity contribution in [1.29, 1.82) is 0 Å². The molecule has 0 amide bonds. The number of nitrogens with one attached hydrogen (secondary N) is 1. The molecule has 0 bridgehead atoms. The smallest absolute Gasteiger partial charge is 0.154 e. The zero-order valence-corrected chi connectivity index (χ0v) is 6.21. The molecule has 1 aliphatic heterocycles. The third-order valence-corrected chi connectivity index (χ3v) is 2.91. The summed E-state index contributed by atoms with van der Waals surface area (Å²) < 4.78 is 5.10. The molecule has 1 aromatic heterocycles. The van der Waals surface area contributed by atoms with Crippen LogP contribution in [0.5, 0.6) is 0 Å². The minimum absolute atomic E-state index is 0.463. The van der Waals surface area contributed by atoms with Gasteiger partial charge in [-0.3, -0.25) is 0 Å². The highest BCUT2D eigenvalue weighted by atomic mass is 16.5. The molecule has 58 valence electrons. The highest BCUT2D eigenvalue weighted by Crippen LogP contribution is 2.59. The fourth-order valence-corrected chi connectivity index (χ4v) is 1.90. The van der Waals surface area contributed by atoms with Crippen molar-refractivity contribution in [2.45, 2.75) is 18.9 Å². The summed E-state index contributed by atoms with van der Waals surface area (Å²) in [7, 11) is 0. The highest BCUT2D eigenvalue weighted by molar-refractivity contribution is 5.19. The summed E-state index contributed by atoms with van der Waals surface area (Å²) in [5.41, 5.74) is 0.569. The summed E-state index contributed by atoms with van der Waals surface area (Å²) in [5.74, 6) is 1.01. The average molecular weight is 150 g/mol. The van der Waals surface area contributed by atoms with Gasteiger partial charge in [0.1, 0.15) is 0 Å². The summed E-state index contributed by atoms with van der Waals surface area (Å²) in [6.07, 6.45) is 4.42. The molecule has 1 aliphatic carbocycles. The minimum Gasteiger partial charge on any atom is -0.360 e. The van der Waals surface area contributed by atoms with Gasteiger partial charge in [-0.15, -0.1) is 0 Å². The van der Waals surface area contributed by atoms with Gasteiger partial charge in [0.15, 0.2) is 5.76 Å². The Hall–Kier alpha value is -0.830. The van der Waals surface area contributed by atoms with Crippen molar-refractivity contribution in [3.05, 3.63) is 18.0 Å². The van der Waals surface area contributed by atoms with Crippen molar-refractivity contribution < 1.29 is 4.52 Å². The predicted molar refractivity (Wildman–Crippen MR) is 38.9 cm³/mol. The van der Waals surface area contributed by atoms with E-state index in [0.717, 1.165) is 5.76 Å². The standard InChI is InChI=1S/C8H10N2O/c1-4-10-11-6(1)7-8(2-3-8)5-9-7/h1,4,7,9H,2-3,5H2. The lowest BCUT2D eigenvalue weighted by Gasteiger charge is -2.36. The number of nitrogens with zero attached hydrogens (tertiary/aromatic N) is 1. The topological polar surface area (TPSA) is 38.1 Å². The molecule has 2 aliphatic rings. The number of rotatable bonds is 1. The molecule has 1 aromatic rings. The van der Waals surface area contributed by atoms with Gasteiger partial charge in [-0.1, -0.05) is 5.16 Å². The van der Waals surface area contributed by atoms with Gasteiger partial charge in [0, 0.05) is 18.0 Å².